The Labute approximate surface area is 117 Å². The van der Waals surface area contributed by atoms with Gasteiger partial charge in [0.1, 0.15) is 11.4 Å². The third kappa shape index (κ3) is 3.17. The normalized spacial score (nSPS) is 12.2. The van der Waals surface area contributed by atoms with Crippen molar-refractivity contribution >= 4 is 17.2 Å². The summed E-state index contributed by atoms with van der Waals surface area (Å²) in [6, 6.07) is 1.93. The van der Waals surface area contributed by atoms with Gasteiger partial charge in [0.25, 0.3) is 0 Å². The molecule has 0 bridgehead atoms. The van der Waals surface area contributed by atoms with E-state index >= 15 is 0 Å². The first-order valence-electron chi connectivity index (χ1n) is 6.61. The van der Waals surface area contributed by atoms with Gasteiger partial charge in [-0.15, -0.1) is 0 Å². The van der Waals surface area contributed by atoms with Crippen molar-refractivity contribution in [1.29, 1.82) is 0 Å². The number of hydrogen-bond donors (Lipinski definition) is 2. The van der Waals surface area contributed by atoms with Crippen LogP contribution in [0.15, 0.2) is 29.8 Å². The topological polar surface area (TPSA) is 92.0 Å². The second-order valence-corrected chi connectivity index (χ2v) is 5.09. The maximum Gasteiger partial charge on any atom is 0.154 e. The number of amidine groups is 1. The maximum atomic E-state index is 8.65. The first kappa shape index (κ1) is 14.1. The number of rotatable bonds is 6. The van der Waals surface area contributed by atoms with Crippen LogP contribution >= 0.6 is 0 Å². The second kappa shape index (κ2) is 6.23. The monoisotopic (exact) mass is 276 g/mol. The highest BCUT2D eigenvalue weighted by atomic mass is 16.4. The van der Waals surface area contributed by atoms with E-state index in [1.807, 2.05) is 12.3 Å². The lowest BCUT2D eigenvalue weighted by Crippen LogP contribution is -2.32. The highest BCUT2D eigenvalue weighted by Crippen LogP contribution is 2.19. The van der Waals surface area contributed by atoms with Gasteiger partial charge in [0.2, 0.25) is 0 Å². The molecule has 2 rings (SSSR count). The van der Waals surface area contributed by atoms with Gasteiger partial charge < -0.3 is 15.8 Å². The van der Waals surface area contributed by atoms with Crippen molar-refractivity contribution in [2.24, 2.45) is 16.8 Å². The van der Waals surface area contributed by atoms with Crippen LogP contribution in [0.5, 0.6) is 0 Å². The number of fused-ring (bicyclic) bond motifs is 1. The molecule has 7 nitrogen and oxygen atoms in total. The molecule has 0 saturated carbocycles. The van der Waals surface area contributed by atoms with Crippen molar-refractivity contribution in [1.82, 2.24) is 14.6 Å². The zero-order valence-electron chi connectivity index (χ0n) is 11.8. The lowest BCUT2D eigenvalue weighted by molar-refractivity contribution is 0.317. The van der Waals surface area contributed by atoms with Crippen LogP contribution in [0, 0.1) is 5.92 Å². The minimum Gasteiger partial charge on any atom is -0.409 e. The van der Waals surface area contributed by atoms with E-state index in [2.05, 4.69) is 34.0 Å². The van der Waals surface area contributed by atoms with Crippen LogP contribution in [-0.2, 0) is 0 Å². The lowest BCUT2D eigenvalue weighted by atomic mass is 10.2. The molecule has 20 heavy (non-hydrogen) atoms. The number of oxime groups is 1. The largest absolute Gasteiger partial charge is 0.409 e. The molecule has 0 saturated heterocycles. The van der Waals surface area contributed by atoms with E-state index in [-0.39, 0.29) is 5.84 Å². The third-order valence-electron chi connectivity index (χ3n) is 2.96. The molecular formula is C13H20N6O. The van der Waals surface area contributed by atoms with Crippen molar-refractivity contribution in [2.45, 2.75) is 20.3 Å². The molecule has 0 aliphatic rings. The van der Waals surface area contributed by atoms with Gasteiger partial charge in [-0.25, -0.2) is 9.50 Å². The van der Waals surface area contributed by atoms with Crippen LogP contribution in [0.25, 0.3) is 5.52 Å². The van der Waals surface area contributed by atoms with Gasteiger partial charge in [-0.3, -0.25) is 0 Å². The van der Waals surface area contributed by atoms with Gasteiger partial charge in [-0.2, -0.15) is 5.10 Å². The van der Waals surface area contributed by atoms with Crippen molar-refractivity contribution in [3.63, 3.8) is 0 Å². The standard InChI is InChI=1S/C13H20N6O/c1-10(2)9-18(7-4-12(14)17-20)13-11-3-5-16-19(11)8-6-15-13/h3,5-6,8,10,20H,4,7,9H2,1-2H3,(H2,14,17). The predicted octanol–water partition coefficient (Wildman–Crippen LogP) is 1.33. The van der Waals surface area contributed by atoms with Gasteiger partial charge in [-0.05, 0) is 12.0 Å². The second-order valence-electron chi connectivity index (χ2n) is 5.09. The summed E-state index contributed by atoms with van der Waals surface area (Å²) in [6.07, 6.45) is 5.78. The first-order valence-corrected chi connectivity index (χ1v) is 6.61. The molecule has 0 atom stereocenters. The van der Waals surface area contributed by atoms with E-state index in [9.17, 15) is 0 Å². The molecule has 7 heteroatoms. The molecule has 0 amide bonds. The molecular weight excluding hydrogens is 256 g/mol. The molecule has 0 aliphatic carbocycles. The van der Waals surface area contributed by atoms with E-state index in [4.69, 9.17) is 10.9 Å². The van der Waals surface area contributed by atoms with Gasteiger partial charge >= 0.3 is 0 Å². The van der Waals surface area contributed by atoms with E-state index < -0.39 is 0 Å². The minimum atomic E-state index is 0.221. The number of anilines is 1. The molecule has 0 aromatic carbocycles. The quantitative estimate of drug-likeness (QED) is 0.359. The molecule has 2 aromatic rings. The number of aromatic nitrogens is 3. The molecule has 0 radical (unpaired) electrons. The average molecular weight is 276 g/mol. The van der Waals surface area contributed by atoms with Crippen LogP contribution in [-0.4, -0.2) is 38.7 Å². The summed E-state index contributed by atoms with van der Waals surface area (Å²) in [6.45, 7) is 5.78. The Morgan fingerprint density at radius 3 is 3.00 bits per heavy atom. The summed E-state index contributed by atoms with van der Waals surface area (Å²) < 4.78 is 1.79. The maximum absolute atomic E-state index is 8.65. The van der Waals surface area contributed by atoms with Crippen molar-refractivity contribution < 1.29 is 5.21 Å². The molecule has 0 spiro atoms. The van der Waals surface area contributed by atoms with E-state index in [1.165, 1.54) is 0 Å². The molecule has 108 valence electrons. The third-order valence-corrected chi connectivity index (χ3v) is 2.96. The van der Waals surface area contributed by atoms with Crippen molar-refractivity contribution in [3.05, 3.63) is 24.7 Å². The van der Waals surface area contributed by atoms with Crippen LogP contribution in [0.2, 0.25) is 0 Å². The van der Waals surface area contributed by atoms with Crippen molar-refractivity contribution in [2.75, 3.05) is 18.0 Å². The van der Waals surface area contributed by atoms with Crippen LogP contribution < -0.4 is 10.6 Å². The van der Waals surface area contributed by atoms with Crippen LogP contribution in [0.1, 0.15) is 20.3 Å². The zero-order chi connectivity index (χ0) is 14.5. The van der Waals surface area contributed by atoms with E-state index in [0.717, 1.165) is 17.9 Å². The van der Waals surface area contributed by atoms with Crippen LogP contribution in [0.3, 0.4) is 0 Å². The average Bonchev–Trinajstić information content (AvgIpc) is 2.90. The van der Waals surface area contributed by atoms with Gasteiger partial charge in [0.15, 0.2) is 5.82 Å². The lowest BCUT2D eigenvalue weighted by Gasteiger charge is -2.25. The number of nitrogens with two attached hydrogens (primary N) is 1. The highest BCUT2D eigenvalue weighted by Gasteiger charge is 2.14. The number of hydrogen-bond acceptors (Lipinski definition) is 5. The number of nitrogens with zero attached hydrogens (tertiary/aromatic N) is 5. The summed E-state index contributed by atoms with van der Waals surface area (Å²) in [5, 5.41) is 15.9. The van der Waals surface area contributed by atoms with E-state index in [0.29, 0.717) is 18.9 Å². The van der Waals surface area contributed by atoms with Gasteiger partial charge in [0, 0.05) is 31.9 Å². The Morgan fingerprint density at radius 1 is 1.50 bits per heavy atom. The molecule has 2 heterocycles. The van der Waals surface area contributed by atoms with Gasteiger partial charge in [-0.1, -0.05) is 19.0 Å². The Morgan fingerprint density at radius 2 is 2.30 bits per heavy atom. The predicted molar refractivity (Wildman–Crippen MR) is 78.1 cm³/mol. The fourth-order valence-corrected chi connectivity index (χ4v) is 2.11. The molecule has 0 aliphatic heterocycles. The Kier molecular flexibility index (Phi) is 4.39. The first-order chi connectivity index (χ1) is 9.61. The Hall–Kier alpha value is -2.31. The summed E-state index contributed by atoms with van der Waals surface area (Å²) in [4.78, 5) is 6.60. The highest BCUT2D eigenvalue weighted by molar-refractivity contribution is 5.80. The molecule has 0 fully saturated rings. The van der Waals surface area contributed by atoms with E-state index in [1.54, 1.807) is 16.9 Å². The Bertz CT molecular complexity index is 591. The molecule has 2 aromatic heterocycles. The minimum absolute atomic E-state index is 0.221. The van der Waals surface area contributed by atoms with Crippen molar-refractivity contribution in [3.8, 4) is 0 Å². The Balaban J connectivity index is 2.27. The molecule has 3 N–H and O–H groups in total. The van der Waals surface area contributed by atoms with Gasteiger partial charge in [0.05, 0.1) is 6.20 Å². The summed E-state index contributed by atoms with van der Waals surface area (Å²) >= 11 is 0. The summed E-state index contributed by atoms with van der Waals surface area (Å²) in [7, 11) is 0. The smallest absolute Gasteiger partial charge is 0.154 e. The zero-order valence-corrected chi connectivity index (χ0v) is 11.8. The summed E-state index contributed by atoms with van der Waals surface area (Å²) in [5.41, 5.74) is 6.51. The summed E-state index contributed by atoms with van der Waals surface area (Å²) in [5.74, 6) is 1.57. The fourth-order valence-electron chi connectivity index (χ4n) is 2.11. The SMILES string of the molecule is CC(C)CN(CC/C(N)=N/O)c1nccn2nccc12. The molecule has 0 unspecified atom stereocenters. The van der Waals surface area contributed by atoms with Crippen LogP contribution in [0.4, 0.5) is 5.82 Å². The fraction of sp³-hybridized carbons (Fsp3) is 0.462.